The first-order valence-corrected chi connectivity index (χ1v) is 23.9. The standard InChI is InChI=1S/C66H56N2/c1-5-7-10-22-47(3)68(57-42-40-55(41-43-57)67(4)64-44-37-53(45-48(64)6-2)59-30-16-15-29-58(59)50-25-13-9-14-26-50)56-38-35-51(36-39-56)65-60-31-17-19-33-62(60)66(63-34-20-18-32-61(63)65)54-28-21-27-52(46-54)49-23-11-8-12-24-49/h5,7-40,42,44-46H,1,6,41,43H2,2-4H3/b10-7-,47-22+. The molecule has 0 spiro atoms. The van der Waals surface area contributed by atoms with Crippen LogP contribution in [-0.2, 0) is 6.42 Å². The third-order valence-corrected chi connectivity index (χ3v) is 13.5. The number of hydrogen-bond acceptors (Lipinski definition) is 2. The molecule has 0 heterocycles. The van der Waals surface area contributed by atoms with Gasteiger partial charge in [0.1, 0.15) is 0 Å². The van der Waals surface area contributed by atoms with E-state index in [1.54, 1.807) is 0 Å². The molecular weight excluding hydrogens is 821 g/mol. The van der Waals surface area contributed by atoms with E-state index in [-0.39, 0.29) is 0 Å². The van der Waals surface area contributed by atoms with E-state index in [9.17, 15) is 0 Å². The highest BCUT2D eigenvalue weighted by molar-refractivity contribution is 6.21. The second kappa shape index (κ2) is 19.7. The Balaban J connectivity index is 0.988. The third-order valence-electron chi connectivity index (χ3n) is 13.5. The maximum absolute atomic E-state index is 3.92. The summed E-state index contributed by atoms with van der Waals surface area (Å²) in [5.74, 6) is 0. The van der Waals surface area contributed by atoms with E-state index in [2.05, 4.69) is 262 Å². The van der Waals surface area contributed by atoms with E-state index in [4.69, 9.17) is 0 Å². The van der Waals surface area contributed by atoms with Gasteiger partial charge in [-0.15, -0.1) is 0 Å². The Bertz CT molecular complexity index is 3350. The molecule has 9 aromatic rings. The Morgan fingerprint density at radius 3 is 1.60 bits per heavy atom. The molecule has 0 aliphatic heterocycles. The molecule has 9 aromatic carbocycles. The molecule has 2 nitrogen and oxygen atoms in total. The van der Waals surface area contributed by atoms with Crippen LogP contribution in [0.25, 0.3) is 77.2 Å². The average Bonchev–Trinajstić information content (AvgIpc) is 3.41. The van der Waals surface area contributed by atoms with Crippen molar-refractivity contribution in [3.8, 4) is 55.6 Å². The van der Waals surface area contributed by atoms with Gasteiger partial charge < -0.3 is 9.80 Å². The van der Waals surface area contributed by atoms with Gasteiger partial charge in [0.05, 0.1) is 0 Å². The van der Waals surface area contributed by atoms with Crippen LogP contribution in [0.5, 0.6) is 0 Å². The topological polar surface area (TPSA) is 6.48 Å². The highest BCUT2D eigenvalue weighted by Gasteiger charge is 2.22. The Morgan fingerprint density at radius 1 is 0.485 bits per heavy atom. The average molecular weight is 877 g/mol. The Labute approximate surface area is 402 Å². The van der Waals surface area contributed by atoms with Gasteiger partial charge in [-0.25, -0.2) is 0 Å². The van der Waals surface area contributed by atoms with Crippen LogP contribution >= 0.6 is 0 Å². The zero-order valence-corrected chi connectivity index (χ0v) is 39.2. The first-order valence-electron chi connectivity index (χ1n) is 23.9. The normalized spacial score (nSPS) is 12.8. The predicted octanol–water partition coefficient (Wildman–Crippen LogP) is 18.0. The lowest BCUT2D eigenvalue weighted by atomic mass is 9.85. The molecule has 0 bridgehead atoms. The van der Waals surface area contributed by atoms with Gasteiger partial charge in [-0.2, -0.15) is 0 Å². The molecule has 1 aliphatic rings. The molecule has 68 heavy (non-hydrogen) atoms. The minimum Gasteiger partial charge on any atom is -0.348 e. The molecule has 0 saturated heterocycles. The van der Waals surface area contributed by atoms with Gasteiger partial charge >= 0.3 is 0 Å². The molecular formula is C66H56N2. The number of nitrogens with zero attached hydrogens (tertiary/aromatic N) is 2. The summed E-state index contributed by atoms with van der Waals surface area (Å²) in [6, 6.07) is 73.1. The van der Waals surface area contributed by atoms with Crippen molar-refractivity contribution in [2.45, 2.75) is 33.1 Å². The summed E-state index contributed by atoms with van der Waals surface area (Å²) in [4.78, 5) is 4.81. The van der Waals surface area contributed by atoms with E-state index < -0.39 is 0 Å². The summed E-state index contributed by atoms with van der Waals surface area (Å²) < 4.78 is 0. The quantitative estimate of drug-likeness (QED) is 0.0841. The van der Waals surface area contributed by atoms with E-state index in [1.807, 2.05) is 12.2 Å². The molecule has 330 valence electrons. The number of aryl methyl sites for hydroxylation is 1. The lowest BCUT2D eigenvalue weighted by Gasteiger charge is -2.33. The summed E-state index contributed by atoms with van der Waals surface area (Å²) in [5.41, 5.74) is 19.8. The van der Waals surface area contributed by atoms with Crippen LogP contribution in [0.3, 0.4) is 0 Å². The summed E-state index contributed by atoms with van der Waals surface area (Å²) >= 11 is 0. The smallest absolute Gasteiger partial charge is 0.0455 e. The molecule has 0 N–H and O–H groups in total. The van der Waals surface area contributed by atoms with Crippen LogP contribution in [0.1, 0.15) is 32.3 Å². The molecule has 0 saturated carbocycles. The lowest BCUT2D eigenvalue weighted by molar-refractivity contribution is 0.823. The molecule has 0 unspecified atom stereocenters. The maximum atomic E-state index is 3.92. The molecule has 2 heteroatoms. The van der Waals surface area contributed by atoms with Crippen LogP contribution in [0.2, 0.25) is 0 Å². The molecule has 1 aliphatic carbocycles. The van der Waals surface area contributed by atoms with E-state index in [0.29, 0.717) is 0 Å². The first-order chi connectivity index (χ1) is 33.5. The highest BCUT2D eigenvalue weighted by atomic mass is 15.2. The van der Waals surface area contributed by atoms with Crippen molar-refractivity contribution in [3.63, 3.8) is 0 Å². The number of anilines is 2. The van der Waals surface area contributed by atoms with E-state index >= 15 is 0 Å². The van der Waals surface area contributed by atoms with Gasteiger partial charge in [-0.3, -0.25) is 0 Å². The number of hydrogen-bond donors (Lipinski definition) is 0. The largest absolute Gasteiger partial charge is 0.348 e. The zero-order chi connectivity index (χ0) is 46.4. The fourth-order valence-corrected chi connectivity index (χ4v) is 10.2. The summed E-state index contributed by atoms with van der Waals surface area (Å²) in [7, 11) is 2.22. The third kappa shape index (κ3) is 8.65. The second-order valence-corrected chi connectivity index (χ2v) is 17.6. The Hall–Kier alpha value is -8.20. The highest BCUT2D eigenvalue weighted by Crippen LogP contribution is 2.45. The minimum absolute atomic E-state index is 0.903. The molecule has 0 atom stereocenters. The van der Waals surface area contributed by atoms with Crippen LogP contribution in [0.4, 0.5) is 11.4 Å². The fourth-order valence-electron chi connectivity index (χ4n) is 10.2. The van der Waals surface area contributed by atoms with Crippen molar-refractivity contribution < 1.29 is 0 Å². The number of rotatable bonds is 13. The molecule has 0 fully saturated rings. The van der Waals surface area contributed by atoms with Crippen molar-refractivity contribution in [2.75, 3.05) is 16.8 Å². The Kier molecular flexibility index (Phi) is 12.7. The monoisotopic (exact) mass is 876 g/mol. The lowest BCUT2D eigenvalue weighted by Crippen LogP contribution is -2.24. The van der Waals surface area contributed by atoms with Crippen molar-refractivity contribution >= 4 is 32.9 Å². The predicted molar refractivity (Wildman–Crippen MR) is 294 cm³/mol. The van der Waals surface area contributed by atoms with Crippen LogP contribution in [0.15, 0.2) is 260 Å². The number of benzene rings is 9. The zero-order valence-electron chi connectivity index (χ0n) is 39.2. The van der Waals surface area contributed by atoms with Gasteiger partial charge in [0.2, 0.25) is 0 Å². The van der Waals surface area contributed by atoms with Gasteiger partial charge in [0, 0.05) is 35.5 Å². The van der Waals surface area contributed by atoms with Gasteiger partial charge in [0.15, 0.2) is 0 Å². The van der Waals surface area contributed by atoms with Gasteiger partial charge in [-0.05, 0) is 157 Å². The summed E-state index contributed by atoms with van der Waals surface area (Å²) in [6.45, 7) is 8.38. The van der Waals surface area contributed by atoms with Crippen LogP contribution in [-0.4, -0.2) is 7.05 Å². The van der Waals surface area contributed by atoms with Gasteiger partial charge in [0.25, 0.3) is 0 Å². The van der Waals surface area contributed by atoms with Gasteiger partial charge in [-0.1, -0.05) is 202 Å². The summed E-state index contributed by atoms with van der Waals surface area (Å²) in [5, 5.41) is 4.99. The maximum Gasteiger partial charge on any atom is 0.0455 e. The second-order valence-electron chi connectivity index (χ2n) is 17.6. The molecule has 0 aromatic heterocycles. The number of fused-ring (bicyclic) bond motifs is 2. The van der Waals surface area contributed by atoms with E-state index in [1.165, 1.54) is 99.8 Å². The molecule has 0 amide bonds. The molecule has 10 rings (SSSR count). The minimum atomic E-state index is 0.903. The van der Waals surface area contributed by atoms with Crippen LogP contribution in [0, 0.1) is 0 Å². The van der Waals surface area contributed by atoms with Crippen molar-refractivity contribution in [2.24, 2.45) is 0 Å². The Morgan fingerprint density at radius 2 is 1.00 bits per heavy atom. The van der Waals surface area contributed by atoms with E-state index in [0.717, 1.165) is 30.6 Å². The first kappa shape index (κ1) is 43.7. The van der Waals surface area contributed by atoms with Crippen molar-refractivity contribution in [1.29, 1.82) is 0 Å². The fraction of sp³-hybridized carbons (Fsp3) is 0.0909. The van der Waals surface area contributed by atoms with Crippen molar-refractivity contribution in [1.82, 2.24) is 0 Å². The van der Waals surface area contributed by atoms with Crippen molar-refractivity contribution in [3.05, 3.63) is 266 Å². The van der Waals surface area contributed by atoms with Crippen LogP contribution < -0.4 is 9.80 Å². The molecule has 0 radical (unpaired) electrons. The summed E-state index contributed by atoms with van der Waals surface area (Å²) in [6.07, 6.45) is 15.5. The number of allylic oxidation sites excluding steroid dienone is 9. The SMILES string of the molecule is C=C/C=C\C=C(/C)N(C1=CC=C(N(C)c2ccc(-c3ccccc3-c3ccccc3)cc2CC)CC1)c1ccc(-c2c3ccccc3c(-c3cccc(-c4ccccc4)c3)c3ccccc23)cc1.